The fraction of sp³-hybridized carbons (Fsp3) is 0.174. The zero-order valence-electron chi connectivity index (χ0n) is 14.8. The van der Waals surface area contributed by atoms with Crippen LogP contribution in [0.1, 0.15) is 34.1 Å². The van der Waals surface area contributed by atoms with Crippen molar-refractivity contribution in [2.24, 2.45) is 0 Å². The highest BCUT2D eigenvalue weighted by molar-refractivity contribution is 6.22. The highest BCUT2D eigenvalue weighted by Gasteiger charge is 2.21. The summed E-state index contributed by atoms with van der Waals surface area (Å²) in [7, 11) is 0. The van der Waals surface area contributed by atoms with E-state index >= 15 is 0 Å². The lowest BCUT2D eigenvalue weighted by atomic mass is 9.93. The molecule has 0 atom stereocenters. The number of carbonyl (C=O) groups excluding carboxylic acids is 1. The minimum atomic E-state index is 0.108. The molecular weight excluding hydrogens is 306 g/mol. The first-order valence-electron chi connectivity index (χ1n) is 8.74. The number of carbonyl (C=O) groups is 1. The zero-order chi connectivity index (χ0) is 17.6. The van der Waals surface area contributed by atoms with Crippen molar-refractivity contribution in [2.75, 3.05) is 0 Å². The highest BCUT2D eigenvalue weighted by atomic mass is 16.1. The van der Waals surface area contributed by atoms with E-state index in [1.54, 1.807) is 0 Å². The molecule has 0 aliphatic rings. The van der Waals surface area contributed by atoms with E-state index in [4.69, 9.17) is 0 Å². The molecule has 0 saturated heterocycles. The Hall–Kier alpha value is -2.87. The van der Waals surface area contributed by atoms with Gasteiger partial charge in [-0.15, -0.1) is 0 Å². The topological polar surface area (TPSA) is 22.0 Å². The van der Waals surface area contributed by atoms with E-state index in [1.165, 1.54) is 5.56 Å². The number of hydrogen-bond acceptors (Lipinski definition) is 1. The summed E-state index contributed by atoms with van der Waals surface area (Å²) in [5, 5.41) is 3.21. The van der Waals surface area contributed by atoms with Gasteiger partial charge < -0.3 is 4.57 Å². The summed E-state index contributed by atoms with van der Waals surface area (Å²) in [5.74, 6) is 0.108. The molecule has 4 rings (SSSR count). The number of benzene rings is 3. The number of rotatable bonds is 3. The third kappa shape index (κ3) is 2.29. The van der Waals surface area contributed by atoms with Crippen molar-refractivity contribution < 1.29 is 4.79 Å². The molecule has 0 N–H and O–H groups in total. The van der Waals surface area contributed by atoms with Crippen molar-refractivity contribution in [2.45, 2.75) is 27.3 Å². The summed E-state index contributed by atoms with van der Waals surface area (Å²) in [6, 6.07) is 20.4. The summed E-state index contributed by atoms with van der Waals surface area (Å²) in [5.41, 5.74) is 4.97. The Balaban J connectivity index is 2.02. The second-order valence-corrected chi connectivity index (χ2v) is 6.53. The second-order valence-electron chi connectivity index (χ2n) is 6.53. The van der Waals surface area contributed by atoms with E-state index in [-0.39, 0.29) is 5.78 Å². The summed E-state index contributed by atoms with van der Waals surface area (Å²) in [4.78, 5) is 13.5. The molecule has 0 saturated carbocycles. The van der Waals surface area contributed by atoms with E-state index in [1.807, 2.05) is 49.4 Å². The van der Waals surface area contributed by atoms with Gasteiger partial charge in [-0.05, 0) is 43.2 Å². The number of nitrogens with zero attached hydrogens (tertiary/aromatic N) is 1. The fourth-order valence-electron chi connectivity index (χ4n) is 3.91. The standard InChI is InChI=1S/C23H21NO/c1-4-24-16(3)22(20-11-7-8-12-21(20)24)23(25)19-14-13-15(2)17-9-5-6-10-18(17)19/h5-14H,4H2,1-3H3. The fourth-order valence-corrected chi connectivity index (χ4v) is 3.91. The van der Waals surface area contributed by atoms with Gasteiger partial charge in [0.25, 0.3) is 0 Å². The lowest BCUT2D eigenvalue weighted by Crippen LogP contribution is -2.06. The van der Waals surface area contributed by atoms with E-state index in [9.17, 15) is 4.79 Å². The number of hydrogen-bond donors (Lipinski definition) is 0. The Bertz CT molecular complexity index is 1120. The first-order valence-corrected chi connectivity index (χ1v) is 8.74. The first kappa shape index (κ1) is 15.6. The maximum atomic E-state index is 13.5. The number of para-hydroxylation sites is 1. The van der Waals surface area contributed by atoms with Gasteiger partial charge in [-0.3, -0.25) is 4.79 Å². The van der Waals surface area contributed by atoms with Crippen molar-refractivity contribution in [3.8, 4) is 0 Å². The summed E-state index contributed by atoms with van der Waals surface area (Å²) in [6.45, 7) is 7.11. The van der Waals surface area contributed by atoms with Crippen LogP contribution in [0.25, 0.3) is 21.7 Å². The molecule has 1 aromatic heterocycles. The number of aromatic nitrogens is 1. The molecule has 4 aromatic rings. The molecule has 1 heterocycles. The Morgan fingerprint density at radius 1 is 0.840 bits per heavy atom. The quantitative estimate of drug-likeness (QED) is 0.445. The summed E-state index contributed by atoms with van der Waals surface area (Å²) in [6.07, 6.45) is 0. The van der Waals surface area contributed by atoms with Gasteiger partial charge in [0.05, 0.1) is 5.56 Å². The van der Waals surface area contributed by atoms with E-state index in [0.29, 0.717) is 0 Å². The number of ketones is 1. The van der Waals surface area contributed by atoms with Gasteiger partial charge in [-0.2, -0.15) is 0 Å². The van der Waals surface area contributed by atoms with Crippen LogP contribution in [0.4, 0.5) is 0 Å². The maximum Gasteiger partial charge on any atom is 0.196 e. The van der Waals surface area contributed by atoms with Crippen molar-refractivity contribution >= 4 is 27.5 Å². The predicted molar refractivity (Wildman–Crippen MR) is 104 cm³/mol. The van der Waals surface area contributed by atoms with Crippen LogP contribution < -0.4 is 0 Å². The van der Waals surface area contributed by atoms with Crippen molar-refractivity contribution in [3.05, 3.63) is 83.0 Å². The lowest BCUT2D eigenvalue weighted by molar-refractivity contribution is 0.104. The minimum absolute atomic E-state index is 0.108. The van der Waals surface area contributed by atoms with Crippen LogP contribution in [-0.4, -0.2) is 10.4 Å². The molecule has 124 valence electrons. The molecule has 2 nitrogen and oxygen atoms in total. The minimum Gasteiger partial charge on any atom is -0.344 e. The maximum absolute atomic E-state index is 13.5. The Kier molecular flexibility index (Phi) is 3.69. The average Bonchev–Trinajstić information content (AvgIpc) is 2.93. The molecule has 3 aromatic carbocycles. The molecule has 0 bridgehead atoms. The molecule has 0 radical (unpaired) electrons. The van der Waals surface area contributed by atoms with E-state index < -0.39 is 0 Å². The van der Waals surface area contributed by atoms with Crippen LogP contribution in [0.3, 0.4) is 0 Å². The molecular formula is C23H21NO. The monoisotopic (exact) mass is 327 g/mol. The third-order valence-corrected chi connectivity index (χ3v) is 5.16. The van der Waals surface area contributed by atoms with E-state index in [0.717, 1.165) is 45.0 Å². The van der Waals surface area contributed by atoms with Gasteiger partial charge in [0.2, 0.25) is 0 Å². The van der Waals surface area contributed by atoms with Crippen LogP contribution in [0.2, 0.25) is 0 Å². The van der Waals surface area contributed by atoms with Gasteiger partial charge in [-0.1, -0.05) is 54.6 Å². The highest BCUT2D eigenvalue weighted by Crippen LogP contribution is 2.31. The van der Waals surface area contributed by atoms with Gasteiger partial charge in [0.15, 0.2) is 5.78 Å². The molecule has 0 unspecified atom stereocenters. The predicted octanol–water partition coefficient (Wildman–Crippen LogP) is 5.66. The molecule has 0 fully saturated rings. The van der Waals surface area contributed by atoms with Crippen LogP contribution in [0.5, 0.6) is 0 Å². The largest absolute Gasteiger partial charge is 0.344 e. The average molecular weight is 327 g/mol. The van der Waals surface area contributed by atoms with E-state index in [2.05, 4.69) is 36.6 Å². The van der Waals surface area contributed by atoms with Gasteiger partial charge in [0, 0.05) is 28.7 Å². The Morgan fingerprint density at radius 3 is 2.20 bits per heavy atom. The van der Waals surface area contributed by atoms with Gasteiger partial charge in [0.1, 0.15) is 0 Å². The van der Waals surface area contributed by atoms with Crippen LogP contribution in [0.15, 0.2) is 60.7 Å². The van der Waals surface area contributed by atoms with Crippen molar-refractivity contribution in [1.82, 2.24) is 4.57 Å². The molecule has 0 aliphatic heterocycles. The molecule has 25 heavy (non-hydrogen) atoms. The number of fused-ring (bicyclic) bond motifs is 2. The second kappa shape index (κ2) is 5.89. The molecule has 0 amide bonds. The first-order chi connectivity index (χ1) is 12.1. The van der Waals surface area contributed by atoms with Crippen LogP contribution in [0, 0.1) is 13.8 Å². The normalized spacial score (nSPS) is 11.3. The van der Waals surface area contributed by atoms with Crippen LogP contribution >= 0.6 is 0 Å². The zero-order valence-corrected chi connectivity index (χ0v) is 14.8. The van der Waals surface area contributed by atoms with Gasteiger partial charge in [-0.25, -0.2) is 0 Å². The van der Waals surface area contributed by atoms with Crippen molar-refractivity contribution in [1.29, 1.82) is 0 Å². The SMILES string of the molecule is CCn1c(C)c(C(=O)c2ccc(C)c3ccccc23)c2ccccc21. The molecule has 0 spiro atoms. The Labute approximate surface area is 147 Å². The lowest BCUT2D eigenvalue weighted by Gasteiger charge is -2.09. The van der Waals surface area contributed by atoms with Gasteiger partial charge >= 0.3 is 0 Å². The summed E-state index contributed by atoms with van der Waals surface area (Å²) >= 11 is 0. The number of aryl methyl sites for hydroxylation is 2. The summed E-state index contributed by atoms with van der Waals surface area (Å²) < 4.78 is 2.22. The van der Waals surface area contributed by atoms with Crippen LogP contribution in [-0.2, 0) is 6.54 Å². The van der Waals surface area contributed by atoms with Crippen molar-refractivity contribution in [3.63, 3.8) is 0 Å². The molecule has 2 heteroatoms. The molecule has 0 aliphatic carbocycles. The Morgan fingerprint density at radius 2 is 1.48 bits per heavy atom. The smallest absolute Gasteiger partial charge is 0.196 e. The third-order valence-electron chi connectivity index (χ3n) is 5.16.